The molecule has 0 saturated carbocycles. The fourth-order valence-corrected chi connectivity index (χ4v) is 3.28. The van der Waals surface area contributed by atoms with Gasteiger partial charge in [0.2, 0.25) is 17.8 Å². The molecule has 2 fully saturated rings. The third-order valence-electron chi connectivity index (χ3n) is 4.72. The number of anilines is 1. The molecule has 0 spiro atoms. The van der Waals surface area contributed by atoms with E-state index < -0.39 is 0 Å². The average Bonchev–Trinajstić information content (AvgIpc) is 2.62. The first-order valence-electron chi connectivity index (χ1n) is 8.21. The number of aromatic nitrogens is 2. The fraction of sp³-hybridized carbons (Fsp3) is 0.625. The van der Waals surface area contributed by atoms with E-state index in [-0.39, 0.29) is 17.7 Å². The van der Waals surface area contributed by atoms with Crippen LogP contribution in [0.2, 0.25) is 0 Å². The minimum atomic E-state index is 0.0603. The van der Waals surface area contributed by atoms with Crippen molar-refractivity contribution in [1.29, 1.82) is 0 Å². The molecule has 3 heterocycles. The monoisotopic (exact) mass is 317 g/mol. The summed E-state index contributed by atoms with van der Waals surface area (Å²) in [5.74, 6) is 1.13. The van der Waals surface area contributed by atoms with Crippen LogP contribution in [-0.2, 0) is 9.59 Å². The lowest BCUT2D eigenvalue weighted by Gasteiger charge is -2.38. The standard InChI is InChI=1S/C16H23N5O2/c1-13(22)19-7-3-14(4-8-19)15(23)20-9-11-21(12-10-20)16-17-5-2-6-18-16/h2,5-6,14H,3-4,7-12H2,1H3. The topological polar surface area (TPSA) is 69.6 Å². The number of piperazine rings is 1. The van der Waals surface area contributed by atoms with Gasteiger partial charge in [0.25, 0.3) is 0 Å². The van der Waals surface area contributed by atoms with Crippen molar-refractivity contribution in [2.24, 2.45) is 5.92 Å². The molecule has 23 heavy (non-hydrogen) atoms. The van der Waals surface area contributed by atoms with Gasteiger partial charge >= 0.3 is 0 Å². The molecule has 1 aromatic rings. The van der Waals surface area contributed by atoms with Crippen molar-refractivity contribution < 1.29 is 9.59 Å². The molecule has 0 bridgehead atoms. The van der Waals surface area contributed by atoms with Crippen LogP contribution in [0, 0.1) is 5.92 Å². The number of nitrogens with zero attached hydrogens (tertiary/aromatic N) is 5. The summed E-state index contributed by atoms with van der Waals surface area (Å²) >= 11 is 0. The van der Waals surface area contributed by atoms with E-state index in [0.29, 0.717) is 26.2 Å². The molecule has 2 aliphatic heterocycles. The molecule has 1 aromatic heterocycles. The Labute approximate surface area is 136 Å². The number of amides is 2. The number of carbonyl (C=O) groups excluding carboxylic acids is 2. The second-order valence-corrected chi connectivity index (χ2v) is 6.14. The van der Waals surface area contributed by atoms with Crippen LogP contribution < -0.4 is 4.90 Å². The van der Waals surface area contributed by atoms with E-state index in [4.69, 9.17) is 0 Å². The summed E-state index contributed by atoms with van der Waals surface area (Å²) in [4.78, 5) is 38.4. The Morgan fingerprint density at radius 1 is 0.957 bits per heavy atom. The fourth-order valence-electron chi connectivity index (χ4n) is 3.28. The van der Waals surface area contributed by atoms with E-state index >= 15 is 0 Å². The Hall–Kier alpha value is -2.18. The quantitative estimate of drug-likeness (QED) is 0.789. The van der Waals surface area contributed by atoms with Crippen molar-refractivity contribution >= 4 is 17.8 Å². The molecule has 0 radical (unpaired) electrons. The van der Waals surface area contributed by atoms with Crippen LogP contribution in [0.1, 0.15) is 19.8 Å². The molecule has 0 unspecified atom stereocenters. The van der Waals surface area contributed by atoms with Gasteiger partial charge in [0.05, 0.1) is 0 Å². The highest BCUT2D eigenvalue weighted by molar-refractivity contribution is 5.80. The van der Waals surface area contributed by atoms with Crippen LogP contribution in [0.3, 0.4) is 0 Å². The number of rotatable bonds is 2. The molecule has 0 atom stereocenters. The smallest absolute Gasteiger partial charge is 0.225 e. The summed E-state index contributed by atoms with van der Waals surface area (Å²) in [6.07, 6.45) is 5.03. The predicted octanol–water partition coefficient (Wildman–Crippen LogP) is 0.384. The number of likely N-dealkylation sites (tertiary alicyclic amines) is 1. The van der Waals surface area contributed by atoms with Crippen LogP contribution >= 0.6 is 0 Å². The average molecular weight is 317 g/mol. The van der Waals surface area contributed by atoms with Gasteiger partial charge in [-0.15, -0.1) is 0 Å². The Bertz CT molecular complexity index is 549. The van der Waals surface area contributed by atoms with E-state index in [2.05, 4.69) is 14.9 Å². The van der Waals surface area contributed by atoms with Crippen molar-refractivity contribution in [2.75, 3.05) is 44.2 Å². The molecule has 2 aliphatic rings. The summed E-state index contributed by atoms with van der Waals surface area (Å²) in [7, 11) is 0. The van der Waals surface area contributed by atoms with Gasteiger partial charge in [0.1, 0.15) is 0 Å². The molecule has 0 aromatic carbocycles. The highest BCUT2D eigenvalue weighted by Crippen LogP contribution is 2.21. The number of carbonyl (C=O) groups is 2. The zero-order valence-electron chi connectivity index (χ0n) is 13.5. The van der Waals surface area contributed by atoms with E-state index in [1.54, 1.807) is 25.4 Å². The first-order chi connectivity index (χ1) is 11.1. The summed E-state index contributed by atoms with van der Waals surface area (Å²) in [5.41, 5.74) is 0. The SMILES string of the molecule is CC(=O)N1CCC(C(=O)N2CCN(c3ncccn3)CC2)CC1. The molecule has 2 saturated heterocycles. The zero-order chi connectivity index (χ0) is 16.2. The van der Waals surface area contributed by atoms with Crippen molar-refractivity contribution in [3.63, 3.8) is 0 Å². The lowest BCUT2D eigenvalue weighted by Crippen LogP contribution is -2.52. The van der Waals surface area contributed by atoms with Crippen molar-refractivity contribution in [2.45, 2.75) is 19.8 Å². The van der Waals surface area contributed by atoms with Crippen LogP contribution in [0.25, 0.3) is 0 Å². The Balaban J connectivity index is 1.50. The van der Waals surface area contributed by atoms with Gasteiger partial charge in [-0.2, -0.15) is 0 Å². The van der Waals surface area contributed by atoms with Gasteiger partial charge in [0, 0.05) is 64.5 Å². The largest absolute Gasteiger partial charge is 0.343 e. The van der Waals surface area contributed by atoms with Gasteiger partial charge in [-0.05, 0) is 18.9 Å². The van der Waals surface area contributed by atoms with E-state index in [1.165, 1.54) is 0 Å². The minimum absolute atomic E-state index is 0.0603. The summed E-state index contributed by atoms with van der Waals surface area (Å²) < 4.78 is 0. The third-order valence-corrected chi connectivity index (χ3v) is 4.72. The lowest BCUT2D eigenvalue weighted by molar-refractivity contribution is -0.140. The van der Waals surface area contributed by atoms with E-state index in [1.807, 2.05) is 9.80 Å². The molecule has 7 nitrogen and oxygen atoms in total. The molecule has 0 aliphatic carbocycles. The lowest BCUT2D eigenvalue weighted by atomic mass is 9.95. The van der Waals surface area contributed by atoms with Crippen LogP contribution in [0.15, 0.2) is 18.5 Å². The van der Waals surface area contributed by atoms with Crippen LogP contribution in [0.4, 0.5) is 5.95 Å². The first-order valence-corrected chi connectivity index (χ1v) is 8.21. The maximum atomic E-state index is 12.6. The van der Waals surface area contributed by atoms with Crippen molar-refractivity contribution in [1.82, 2.24) is 19.8 Å². The molecule has 2 amide bonds. The highest BCUT2D eigenvalue weighted by Gasteiger charge is 2.31. The molecule has 3 rings (SSSR count). The van der Waals surface area contributed by atoms with Crippen LogP contribution in [0.5, 0.6) is 0 Å². The van der Waals surface area contributed by atoms with Crippen LogP contribution in [-0.4, -0.2) is 70.9 Å². The molecule has 124 valence electrons. The second-order valence-electron chi connectivity index (χ2n) is 6.14. The first kappa shape index (κ1) is 15.7. The molecular formula is C16H23N5O2. The second kappa shape index (κ2) is 6.93. The summed E-state index contributed by atoms with van der Waals surface area (Å²) in [6.45, 7) is 5.94. The Morgan fingerprint density at radius 3 is 2.13 bits per heavy atom. The summed E-state index contributed by atoms with van der Waals surface area (Å²) in [6, 6.07) is 1.80. The molecule has 0 N–H and O–H groups in total. The third kappa shape index (κ3) is 3.60. The van der Waals surface area contributed by atoms with Gasteiger partial charge in [0.15, 0.2) is 0 Å². The normalized spacial score (nSPS) is 19.8. The van der Waals surface area contributed by atoms with Gasteiger partial charge in [-0.1, -0.05) is 0 Å². The number of hydrogen-bond acceptors (Lipinski definition) is 5. The number of piperidine rings is 1. The van der Waals surface area contributed by atoms with Crippen molar-refractivity contribution in [3.05, 3.63) is 18.5 Å². The van der Waals surface area contributed by atoms with E-state index in [0.717, 1.165) is 31.9 Å². The minimum Gasteiger partial charge on any atom is -0.343 e. The Kier molecular flexibility index (Phi) is 4.73. The van der Waals surface area contributed by atoms with Crippen molar-refractivity contribution in [3.8, 4) is 0 Å². The van der Waals surface area contributed by atoms with E-state index in [9.17, 15) is 9.59 Å². The predicted molar refractivity (Wildman–Crippen MR) is 85.8 cm³/mol. The number of hydrogen-bond donors (Lipinski definition) is 0. The van der Waals surface area contributed by atoms with Gasteiger partial charge < -0.3 is 14.7 Å². The highest BCUT2D eigenvalue weighted by atomic mass is 16.2. The van der Waals surface area contributed by atoms with Gasteiger partial charge in [-0.25, -0.2) is 9.97 Å². The molecule has 7 heteroatoms. The van der Waals surface area contributed by atoms with Gasteiger partial charge in [-0.3, -0.25) is 9.59 Å². The molecular weight excluding hydrogens is 294 g/mol. The Morgan fingerprint density at radius 2 is 1.57 bits per heavy atom. The zero-order valence-corrected chi connectivity index (χ0v) is 13.5. The summed E-state index contributed by atoms with van der Waals surface area (Å²) in [5, 5.41) is 0. The maximum absolute atomic E-state index is 12.6. The maximum Gasteiger partial charge on any atom is 0.225 e.